The van der Waals surface area contributed by atoms with E-state index in [1.165, 1.54) is 44.3 Å². The van der Waals surface area contributed by atoms with Crippen LogP contribution < -0.4 is 0 Å². The molecule has 5 rings (SSSR count). The normalized spacial score (nSPS) is 40.0. The fraction of sp³-hybridized carbons (Fsp3) is 0.789. The van der Waals surface area contributed by atoms with Gasteiger partial charge in [-0.2, -0.15) is 0 Å². The summed E-state index contributed by atoms with van der Waals surface area (Å²) in [6, 6.07) is 0.852. The van der Waals surface area contributed by atoms with Crippen molar-refractivity contribution in [3.8, 4) is 0 Å². The Morgan fingerprint density at radius 3 is 2.73 bits per heavy atom. The van der Waals surface area contributed by atoms with Gasteiger partial charge >= 0.3 is 0 Å². The Kier molecular flexibility index (Phi) is 2.99. The van der Waals surface area contributed by atoms with Crippen LogP contribution in [0.15, 0.2) is 23.2 Å². The van der Waals surface area contributed by atoms with Crippen molar-refractivity contribution >= 4 is 0 Å². The minimum atomic E-state index is 0.0548. The van der Waals surface area contributed by atoms with Crippen LogP contribution in [0.1, 0.15) is 51.4 Å². The van der Waals surface area contributed by atoms with Crippen molar-refractivity contribution in [2.24, 2.45) is 17.3 Å². The number of likely N-dealkylation sites (tertiary alicyclic amines) is 1. The molecule has 2 saturated carbocycles. The van der Waals surface area contributed by atoms with Gasteiger partial charge in [0.2, 0.25) is 0 Å². The van der Waals surface area contributed by atoms with E-state index in [0.717, 1.165) is 49.5 Å². The molecule has 1 unspecified atom stereocenters. The van der Waals surface area contributed by atoms with Gasteiger partial charge in [0.05, 0.1) is 6.61 Å². The van der Waals surface area contributed by atoms with Crippen molar-refractivity contribution in [1.29, 1.82) is 0 Å². The van der Waals surface area contributed by atoms with Crippen LogP contribution in [0.5, 0.6) is 0 Å². The number of rotatable bonds is 1. The second-order valence-electron chi connectivity index (χ2n) is 8.28. The van der Waals surface area contributed by atoms with Crippen molar-refractivity contribution in [1.82, 2.24) is 4.90 Å². The predicted molar refractivity (Wildman–Crippen MR) is 83.9 cm³/mol. The maximum atomic E-state index is 13.7. The van der Waals surface area contributed by atoms with E-state index in [0.29, 0.717) is 6.42 Å². The fourth-order valence-electron chi connectivity index (χ4n) is 5.93. The van der Waals surface area contributed by atoms with Crippen LogP contribution in [0.2, 0.25) is 0 Å². The van der Waals surface area contributed by atoms with E-state index in [9.17, 15) is 4.39 Å². The molecule has 0 radical (unpaired) electrons. The molecule has 3 heteroatoms. The Hall–Kier alpha value is -0.830. The summed E-state index contributed by atoms with van der Waals surface area (Å²) in [5.74, 6) is 3.14. The van der Waals surface area contributed by atoms with Crippen LogP contribution in [-0.4, -0.2) is 30.6 Å². The second kappa shape index (κ2) is 4.83. The number of hydrogen-bond acceptors (Lipinski definition) is 2. The molecule has 0 aromatic heterocycles. The van der Waals surface area contributed by atoms with E-state index in [1.807, 2.05) is 0 Å². The van der Waals surface area contributed by atoms with Gasteiger partial charge in [-0.3, -0.25) is 0 Å². The lowest BCUT2D eigenvalue weighted by Crippen LogP contribution is -2.48. The van der Waals surface area contributed by atoms with Crippen LogP contribution in [0.3, 0.4) is 0 Å². The molecule has 3 atom stereocenters. The van der Waals surface area contributed by atoms with E-state index in [1.54, 1.807) is 6.08 Å². The molecule has 0 N–H and O–H groups in total. The minimum absolute atomic E-state index is 0.0548. The van der Waals surface area contributed by atoms with Crippen molar-refractivity contribution < 1.29 is 9.13 Å². The molecular formula is C19H26FNO. The molecule has 2 heterocycles. The molecule has 0 aromatic rings. The maximum Gasteiger partial charge on any atom is 0.101 e. The minimum Gasteiger partial charge on any atom is -0.497 e. The van der Waals surface area contributed by atoms with Gasteiger partial charge in [-0.05, 0) is 63.1 Å². The van der Waals surface area contributed by atoms with E-state index >= 15 is 0 Å². The van der Waals surface area contributed by atoms with Gasteiger partial charge in [0.15, 0.2) is 0 Å². The lowest BCUT2D eigenvalue weighted by molar-refractivity contribution is 0.0476. The first-order valence-electron chi connectivity index (χ1n) is 9.20. The van der Waals surface area contributed by atoms with Crippen LogP contribution in [0.4, 0.5) is 4.39 Å². The molecule has 2 bridgehead atoms. The number of nitrogens with zero attached hydrogens (tertiary/aromatic N) is 1. The van der Waals surface area contributed by atoms with Gasteiger partial charge in [0.25, 0.3) is 0 Å². The van der Waals surface area contributed by atoms with Gasteiger partial charge in [-0.1, -0.05) is 6.42 Å². The highest BCUT2D eigenvalue weighted by molar-refractivity contribution is 5.38. The molecular weight excluding hydrogens is 277 g/mol. The molecule has 2 nitrogen and oxygen atoms in total. The first kappa shape index (κ1) is 13.6. The summed E-state index contributed by atoms with van der Waals surface area (Å²) < 4.78 is 19.7. The molecule has 0 amide bonds. The van der Waals surface area contributed by atoms with Gasteiger partial charge in [0, 0.05) is 29.9 Å². The quantitative estimate of drug-likeness (QED) is 0.720. The smallest absolute Gasteiger partial charge is 0.101 e. The van der Waals surface area contributed by atoms with E-state index in [-0.39, 0.29) is 11.2 Å². The van der Waals surface area contributed by atoms with Crippen LogP contribution >= 0.6 is 0 Å². The Morgan fingerprint density at radius 1 is 1.14 bits per heavy atom. The molecule has 120 valence electrons. The number of hydrogen-bond donors (Lipinski definition) is 0. The van der Waals surface area contributed by atoms with Gasteiger partial charge in [0.1, 0.15) is 11.6 Å². The van der Waals surface area contributed by atoms with Crippen molar-refractivity contribution in [3.63, 3.8) is 0 Å². The average molecular weight is 303 g/mol. The number of fused-ring (bicyclic) bond motifs is 3. The highest BCUT2D eigenvalue weighted by Crippen LogP contribution is 2.52. The Labute approximate surface area is 132 Å². The third-order valence-corrected chi connectivity index (χ3v) is 7.21. The summed E-state index contributed by atoms with van der Waals surface area (Å²) in [6.07, 6.45) is 11.3. The van der Waals surface area contributed by atoms with E-state index in [2.05, 4.69) is 4.90 Å². The fourth-order valence-corrected chi connectivity index (χ4v) is 5.93. The van der Waals surface area contributed by atoms with Crippen LogP contribution in [0, 0.1) is 17.3 Å². The largest absolute Gasteiger partial charge is 0.497 e. The topological polar surface area (TPSA) is 12.5 Å². The average Bonchev–Trinajstić information content (AvgIpc) is 3.24. The number of piperidine rings is 1. The number of halogens is 1. The van der Waals surface area contributed by atoms with Crippen LogP contribution in [0.25, 0.3) is 0 Å². The summed E-state index contributed by atoms with van der Waals surface area (Å²) in [7, 11) is 0. The zero-order valence-corrected chi connectivity index (χ0v) is 13.3. The Morgan fingerprint density at radius 2 is 2.00 bits per heavy atom. The lowest BCUT2D eigenvalue weighted by atomic mass is 9.72. The van der Waals surface area contributed by atoms with Crippen molar-refractivity contribution in [2.75, 3.05) is 19.7 Å². The first-order valence-corrected chi connectivity index (χ1v) is 9.20. The molecule has 1 saturated heterocycles. The maximum absolute atomic E-state index is 13.7. The third-order valence-electron chi connectivity index (χ3n) is 7.21. The van der Waals surface area contributed by atoms with Gasteiger partial charge < -0.3 is 9.64 Å². The molecule has 3 fully saturated rings. The summed E-state index contributed by atoms with van der Waals surface area (Å²) in [6.45, 7) is 3.17. The molecule has 0 aromatic carbocycles. The zero-order valence-electron chi connectivity index (χ0n) is 13.3. The van der Waals surface area contributed by atoms with Gasteiger partial charge in [-0.25, -0.2) is 4.39 Å². The monoisotopic (exact) mass is 303 g/mol. The summed E-state index contributed by atoms with van der Waals surface area (Å²) in [5.41, 5.74) is 1.34. The Bertz CT molecular complexity index is 544. The zero-order chi connectivity index (χ0) is 14.7. The second-order valence-corrected chi connectivity index (χ2v) is 8.28. The molecule has 2 aliphatic heterocycles. The lowest BCUT2D eigenvalue weighted by Gasteiger charge is -2.44. The standard InChI is InChI=1S/C19H26FNO/c20-15-3-4-18-16(11-15)19(12-22-18)5-7-21(8-6-19)17-10-13-1-2-14(17)9-13/h11,13-14,17H,1-10,12H2/t13-,14?,17-/m1/s1. The van der Waals surface area contributed by atoms with Gasteiger partial charge in [-0.15, -0.1) is 0 Å². The summed E-state index contributed by atoms with van der Waals surface area (Å²) in [4.78, 5) is 2.76. The van der Waals surface area contributed by atoms with Crippen molar-refractivity contribution in [3.05, 3.63) is 23.2 Å². The Balaban J connectivity index is 1.31. The summed E-state index contributed by atoms with van der Waals surface area (Å²) in [5, 5.41) is 0. The summed E-state index contributed by atoms with van der Waals surface area (Å²) >= 11 is 0. The number of allylic oxidation sites excluding steroid dienone is 3. The van der Waals surface area contributed by atoms with E-state index < -0.39 is 0 Å². The first-order chi connectivity index (χ1) is 10.7. The molecule has 22 heavy (non-hydrogen) atoms. The molecule has 1 spiro atoms. The molecule has 5 aliphatic rings. The van der Waals surface area contributed by atoms with E-state index in [4.69, 9.17) is 4.74 Å². The highest BCUT2D eigenvalue weighted by atomic mass is 19.1. The predicted octanol–water partition coefficient (Wildman–Crippen LogP) is 4.19. The van der Waals surface area contributed by atoms with Crippen LogP contribution in [-0.2, 0) is 4.74 Å². The molecule has 3 aliphatic carbocycles. The third kappa shape index (κ3) is 1.94. The van der Waals surface area contributed by atoms with Crippen molar-refractivity contribution in [2.45, 2.75) is 57.4 Å². The SMILES string of the molecule is FC1=CC2=C(CC1)OCC21CCN([C@@H]2C[C@@H]3CCC2C3)CC1. The highest BCUT2D eigenvalue weighted by Gasteiger charge is 2.48. The number of ether oxygens (including phenoxy) is 1.